The van der Waals surface area contributed by atoms with Gasteiger partial charge >= 0.3 is 0 Å². The maximum absolute atomic E-state index is 11.9. The summed E-state index contributed by atoms with van der Waals surface area (Å²) in [5.41, 5.74) is 0.955. The van der Waals surface area contributed by atoms with Crippen LogP contribution >= 0.6 is 23.2 Å². The number of imidazole rings is 1. The van der Waals surface area contributed by atoms with Gasteiger partial charge in [-0.2, -0.15) is 0 Å². The monoisotopic (exact) mass is 341 g/mol. The molecule has 2 rings (SSSR count). The van der Waals surface area contributed by atoms with E-state index >= 15 is 0 Å². The Morgan fingerprint density at radius 2 is 2.23 bits per heavy atom. The number of nitrogens with one attached hydrogen (secondary N) is 2. The number of aromatic nitrogens is 2. The molecule has 0 aliphatic heterocycles. The number of hydrogen-bond donors (Lipinski definition) is 2. The molecular formula is C15H17Cl2N3O2. The molecule has 7 heteroatoms. The summed E-state index contributed by atoms with van der Waals surface area (Å²) in [6, 6.07) is 4.99. The highest BCUT2D eigenvalue weighted by molar-refractivity contribution is 6.35. The van der Waals surface area contributed by atoms with Crippen LogP contribution in [0, 0.1) is 0 Å². The minimum Gasteiger partial charge on any atom is -0.490 e. The highest BCUT2D eigenvalue weighted by atomic mass is 35.5. The molecule has 0 spiro atoms. The Balaban J connectivity index is 1.76. The molecule has 0 unspecified atom stereocenters. The predicted octanol–water partition coefficient (Wildman–Crippen LogP) is 3.48. The molecular weight excluding hydrogens is 325 g/mol. The molecule has 1 amide bonds. The number of aryl methyl sites for hydroxylation is 1. The topological polar surface area (TPSA) is 67.0 Å². The minimum absolute atomic E-state index is 0.256. The van der Waals surface area contributed by atoms with Gasteiger partial charge in [-0.25, -0.2) is 4.98 Å². The highest BCUT2D eigenvalue weighted by Crippen LogP contribution is 2.27. The lowest BCUT2D eigenvalue weighted by molar-refractivity contribution is 0.0937. The van der Waals surface area contributed by atoms with Crippen molar-refractivity contribution in [3.05, 3.63) is 46.0 Å². The first-order chi connectivity index (χ1) is 10.6. The number of ether oxygens (including phenoxy) is 1. The molecule has 0 bridgehead atoms. The Morgan fingerprint density at radius 3 is 2.95 bits per heavy atom. The van der Waals surface area contributed by atoms with Crippen LogP contribution in [0.1, 0.15) is 29.7 Å². The number of hydrogen-bond acceptors (Lipinski definition) is 3. The summed E-state index contributed by atoms with van der Waals surface area (Å²) in [4.78, 5) is 18.9. The lowest BCUT2D eigenvalue weighted by atomic mass is 10.3. The molecule has 1 heterocycles. The fraction of sp³-hybridized carbons (Fsp3) is 0.333. The standard InChI is InChI=1S/C15H17Cl2N3O2/c1-2-3-11-9-19-14(20-11)15(21)18-6-7-22-13-5-4-10(16)8-12(13)17/h4-5,8-9H,2-3,6-7H2,1H3,(H,18,21)(H,19,20). The number of rotatable bonds is 7. The van der Waals surface area contributed by atoms with Crippen molar-refractivity contribution in [2.45, 2.75) is 19.8 Å². The first-order valence-electron chi connectivity index (χ1n) is 7.00. The van der Waals surface area contributed by atoms with Crippen LogP contribution in [-0.4, -0.2) is 29.0 Å². The summed E-state index contributed by atoms with van der Waals surface area (Å²) >= 11 is 11.8. The van der Waals surface area contributed by atoms with Gasteiger partial charge in [-0.05, 0) is 24.6 Å². The maximum atomic E-state index is 11.9. The van der Waals surface area contributed by atoms with Gasteiger partial charge in [0.2, 0.25) is 0 Å². The lowest BCUT2D eigenvalue weighted by Crippen LogP contribution is -2.29. The third kappa shape index (κ3) is 4.64. The van der Waals surface area contributed by atoms with Gasteiger partial charge in [0, 0.05) is 16.9 Å². The zero-order valence-corrected chi connectivity index (χ0v) is 13.7. The van der Waals surface area contributed by atoms with Crippen LogP contribution in [0.25, 0.3) is 0 Å². The van der Waals surface area contributed by atoms with Gasteiger partial charge < -0.3 is 15.0 Å². The average molecular weight is 342 g/mol. The van der Waals surface area contributed by atoms with Gasteiger partial charge in [-0.3, -0.25) is 4.79 Å². The first kappa shape index (κ1) is 16.6. The Kier molecular flexibility index (Phi) is 6.10. The van der Waals surface area contributed by atoms with E-state index in [1.165, 1.54) is 0 Å². The van der Waals surface area contributed by atoms with Crippen LogP contribution in [0.2, 0.25) is 10.0 Å². The van der Waals surface area contributed by atoms with Crippen LogP contribution < -0.4 is 10.1 Å². The van der Waals surface area contributed by atoms with Crippen LogP contribution in [0.5, 0.6) is 5.75 Å². The quantitative estimate of drug-likeness (QED) is 0.757. The molecule has 0 saturated heterocycles. The SMILES string of the molecule is CCCc1cnc(C(=O)NCCOc2ccc(Cl)cc2Cl)[nH]1. The summed E-state index contributed by atoms with van der Waals surface area (Å²) in [6.07, 6.45) is 3.56. The van der Waals surface area contributed by atoms with Gasteiger partial charge in [0.1, 0.15) is 12.4 Å². The second-order valence-electron chi connectivity index (χ2n) is 4.69. The van der Waals surface area contributed by atoms with Crippen molar-refractivity contribution in [3.63, 3.8) is 0 Å². The van der Waals surface area contributed by atoms with Crippen LogP contribution in [-0.2, 0) is 6.42 Å². The lowest BCUT2D eigenvalue weighted by Gasteiger charge is -2.08. The van der Waals surface area contributed by atoms with Gasteiger partial charge in [-0.15, -0.1) is 0 Å². The largest absolute Gasteiger partial charge is 0.490 e. The van der Waals surface area contributed by atoms with Crippen molar-refractivity contribution in [2.24, 2.45) is 0 Å². The molecule has 0 atom stereocenters. The summed E-state index contributed by atoms with van der Waals surface area (Å²) in [6.45, 7) is 2.72. The molecule has 1 aromatic heterocycles. The number of carbonyl (C=O) groups excluding carboxylic acids is 1. The highest BCUT2D eigenvalue weighted by Gasteiger charge is 2.09. The number of halogens is 2. The normalized spacial score (nSPS) is 10.5. The Bertz CT molecular complexity index is 643. The molecule has 0 saturated carbocycles. The van der Waals surface area contributed by atoms with Crippen molar-refractivity contribution < 1.29 is 9.53 Å². The predicted molar refractivity (Wildman–Crippen MR) is 86.9 cm³/mol. The molecule has 1 aromatic carbocycles. The van der Waals surface area contributed by atoms with E-state index in [-0.39, 0.29) is 5.91 Å². The third-order valence-corrected chi connectivity index (χ3v) is 3.43. The van der Waals surface area contributed by atoms with E-state index in [1.54, 1.807) is 24.4 Å². The third-order valence-electron chi connectivity index (χ3n) is 2.90. The van der Waals surface area contributed by atoms with E-state index in [1.807, 2.05) is 0 Å². The summed E-state index contributed by atoms with van der Waals surface area (Å²) < 4.78 is 5.49. The van der Waals surface area contributed by atoms with Gasteiger partial charge in [0.25, 0.3) is 5.91 Å². The van der Waals surface area contributed by atoms with Crippen molar-refractivity contribution >= 4 is 29.1 Å². The van der Waals surface area contributed by atoms with Crippen molar-refractivity contribution in [3.8, 4) is 5.75 Å². The number of nitrogens with zero attached hydrogens (tertiary/aromatic N) is 1. The van der Waals surface area contributed by atoms with Crippen molar-refractivity contribution in [2.75, 3.05) is 13.2 Å². The van der Waals surface area contributed by atoms with Crippen LogP contribution in [0.15, 0.2) is 24.4 Å². The first-order valence-corrected chi connectivity index (χ1v) is 7.75. The van der Waals surface area contributed by atoms with Gasteiger partial charge in [0.15, 0.2) is 5.82 Å². The van der Waals surface area contributed by atoms with Gasteiger partial charge in [-0.1, -0.05) is 36.5 Å². The Labute approximate surface area is 139 Å². The zero-order valence-electron chi connectivity index (χ0n) is 12.2. The average Bonchev–Trinajstić information content (AvgIpc) is 2.94. The Morgan fingerprint density at radius 1 is 1.41 bits per heavy atom. The number of aromatic amines is 1. The molecule has 5 nitrogen and oxygen atoms in total. The van der Waals surface area contributed by atoms with Crippen LogP contribution in [0.3, 0.4) is 0 Å². The fourth-order valence-corrected chi connectivity index (χ4v) is 2.34. The van der Waals surface area contributed by atoms with Crippen LogP contribution in [0.4, 0.5) is 0 Å². The number of carbonyl (C=O) groups is 1. The van der Waals surface area contributed by atoms with E-state index in [2.05, 4.69) is 22.2 Å². The number of amides is 1. The number of benzene rings is 1. The molecule has 118 valence electrons. The molecule has 2 aromatic rings. The van der Waals surface area contributed by atoms with Crippen molar-refractivity contribution in [1.82, 2.24) is 15.3 Å². The second-order valence-corrected chi connectivity index (χ2v) is 5.53. The second kappa shape index (κ2) is 8.06. The molecule has 0 fully saturated rings. The van der Waals surface area contributed by atoms with E-state index in [4.69, 9.17) is 27.9 Å². The zero-order chi connectivity index (χ0) is 15.9. The van der Waals surface area contributed by atoms with Gasteiger partial charge in [0.05, 0.1) is 11.6 Å². The van der Waals surface area contributed by atoms with Crippen molar-refractivity contribution in [1.29, 1.82) is 0 Å². The van der Waals surface area contributed by atoms with E-state index in [9.17, 15) is 4.79 Å². The number of H-pyrrole nitrogens is 1. The maximum Gasteiger partial charge on any atom is 0.287 e. The molecule has 22 heavy (non-hydrogen) atoms. The summed E-state index contributed by atoms with van der Waals surface area (Å²) in [7, 11) is 0. The molecule has 0 aliphatic rings. The summed E-state index contributed by atoms with van der Waals surface area (Å²) in [5.74, 6) is 0.588. The van der Waals surface area contributed by atoms with E-state index in [0.717, 1.165) is 18.5 Å². The molecule has 2 N–H and O–H groups in total. The summed E-state index contributed by atoms with van der Waals surface area (Å²) in [5, 5.41) is 3.72. The smallest absolute Gasteiger partial charge is 0.287 e. The minimum atomic E-state index is -0.256. The molecule has 0 aliphatic carbocycles. The van der Waals surface area contributed by atoms with E-state index in [0.29, 0.717) is 34.8 Å². The Hall–Kier alpha value is -1.72. The molecule has 0 radical (unpaired) electrons. The van der Waals surface area contributed by atoms with E-state index < -0.39 is 0 Å². The fourth-order valence-electron chi connectivity index (χ4n) is 1.87.